The van der Waals surface area contributed by atoms with E-state index < -0.39 is 0 Å². The van der Waals surface area contributed by atoms with Gasteiger partial charge in [-0.05, 0) is 38.2 Å². The largest absolute Gasteiger partial charge is 0.309 e. The van der Waals surface area contributed by atoms with E-state index in [9.17, 15) is 4.39 Å². The molecule has 1 nitrogen and oxygen atoms in total. The first kappa shape index (κ1) is 16.3. The molecule has 0 spiro atoms. The molecule has 1 aromatic rings. The van der Waals surface area contributed by atoms with Crippen molar-refractivity contribution in [1.82, 2.24) is 5.32 Å². The van der Waals surface area contributed by atoms with Crippen molar-refractivity contribution < 1.29 is 4.39 Å². The van der Waals surface area contributed by atoms with Crippen molar-refractivity contribution >= 4 is 27.7 Å². The fourth-order valence-corrected chi connectivity index (χ4v) is 4.21. The highest BCUT2D eigenvalue weighted by Gasteiger charge is 2.31. The molecule has 1 aliphatic carbocycles. The van der Waals surface area contributed by atoms with Gasteiger partial charge in [-0.15, -0.1) is 0 Å². The maximum absolute atomic E-state index is 14.0. The molecule has 4 heteroatoms. The van der Waals surface area contributed by atoms with Gasteiger partial charge >= 0.3 is 0 Å². The zero-order valence-corrected chi connectivity index (χ0v) is 14.6. The highest BCUT2D eigenvalue weighted by molar-refractivity contribution is 9.10. The predicted octanol–water partition coefficient (Wildman–Crippen LogP) is 5.30. The van der Waals surface area contributed by atoms with Crippen LogP contribution in [-0.2, 0) is 0 Å². The van der Waals surface area contributed by atoms with E-state index in [1.165, 1.54) is 32.1 Å². The summed E-state index contributed by atoms with van der Waals surface area (Å²) in [5, 5.41) is 3.54. The number of hydrogen-bond acceptors (Lipinski definition) is 2. The van der Waals surface area contributed by atoms with Gasteiger partial charge in [-0.2, -0.15) is 11.8 Å². The van der Waals surface area contributed by atoms with Crippen LogP contribution >= 0.6 is 27.7 Å². The molecule has 112 valence electrons. The van der Waals surface area contributed by atoms with Crippen LogP contribution in [0.2, 0.25) is 0 Å². The van der Waals surface area contributed by atoms with Crippen LogP contribution in [0.5, 0.6) is 0 Å². The smallest absolute Gasteiger partial charge is 0.129 e. The summed E-state index contributed by atoms with van der Waals surface area (Å²) in [6.45, 7) is 3.01. The second-order valence-corrected chi connectivity index (χ2v) is 7.91. The zero-order valence-electron chi connectivity index (χ0n) is 12.2. The number of nitrogens with one attached hydrogen (secondary N) is 1. The van der Waals surface area contributed by atoms with Crippen molar-refractivity contribution in [2.75, 3.05) is 12.8 Å². The minimum Gasteiger partial charge on any atom is -0.309 e. The molecule has 20 heavy (non-hydrogen) atoms. The second kappa shape index (κ2) is 7.28. The van der Waals surface area contributed by atoms with Crippen molar-refractivity contribution in [3.8, 4) is 0 Å². The molecule has 1 unspecified atom stereocenters. The molecular formula is C16H23BrFNS. The lowest BCUT2D eigenvalue weighted by molar-refractivity contribution is 0.365. The first-order valence-electron chi connectivity index (χ1n) is 7.30. The van der Waals surface area contributed by atoms with E-state index in [4.69, 9.17) is 0 Å². The third-order valence-corrected chi connectivity index (χ3v) is 6.27. The van der Waals surface area contributed by atoms with Crippen molar-refractivity contribution in [2.45, 2.75) is 49.8 Å². The molecule has 0 aliphatic heterocycles. The molecule has 0 radical (unpaired) electrons. The molecule has 0 bridgehead atoms. The van der Waals surface area contributed by atoms with Crippen LogP contribution < -0.4 is 5.32 Å². The average molecular weight is 360 g/mol. The summed E-state index contributed by atoms with van der Waals surface area (Å²) in [5.74, 6) is -0.138. The van der Waals surface area contributed by atoms with Crippen molar-refractivity contribution in [3.05, 3.63) is 34.1 Å². The van der Waals surface area contributed by atoms with Crippen LogP contribution in [0, 0.1) is 5.82 Å². The molecule has 1 N–H and O–H groups in total. The van der Waals surface area contributed by atoms with Crippen molar-refractivity contribution in [1.29, 1.82) is 0 Å². The molecule has 0 amide bonds. The van der Waals surface area contributed by atoms with Gasteiger partial charge in [0.1, 0.15) is 5.82 Å². The third kappa shape index (κ3) is 3.99. The van der Waals surface area contributed by atoms with Crippen LogP contribution in [0.15, 0.2) is 22.7 Å². The van der Waals surface area contributed by atoms with Gasteiger partial charge in [-0.25, -0.2) is 4.39 Å². The number of halogens is 2. The maximum atomic E-state index is 14.0. The molecule has 1 fully saturated rings. The monoisotopic (exact) mass is 359 g/mol. The Morgan fingerprint density at radius 2 is 2.05 bits per heavy atom. The Balaban J connectivity index is 1.98. The second-order valence-electron chi connectivity index (χ2n) is 5.72. The highest BCUT2D eigenvalue weighted by atomic mass is 79.9. The number of benzene rings is 1. The van der Waals surface area contributed by atoms with Crippen LogP contribution in [0.25, 0.3) is 0 Å². The molecule has 0 aromatic heterocycles. The molecular weight excluding hydrogens is 337 g/mol. The predicted molar refractivity (Wildman–Crippen MR) is 89.8 cm³/mol. The maximum Gasteiger partial charge on any atom is 0.129 e. The van der Waals surface area contributed by atoms with Gasteiger partial charge in [0.15, 0.2) is 0 Å². The van der Waals surface area contributed by atoms with E-state index in [1.807, 2.05) is 30.8 Å². The van der Waals surface area contributed by atoms with E-state index >= 15 is 0 Å². The van der Waals surface area contributed by atoms with E-state index in [1.54, 1.807) is 6.07 Å². The molecule has 1 saturated carbocycles. The minimum atomic E-state index is -0.138. The summed E-state index contributed by atoms with van der Waals surface area (Å²) in [7, 11) is 0. The number of thioether (sulfide) groups is 1. The van der Waals surface area contributed by atoms with Gasteiger partial charge in [0.2, 0.25) is 0 Å². The van der Waals surface area contributed by atoms with Crippen molar-refractivity contribution in [3.63, 3.8) is 0 Å². The fraction of sp³-hybridized carbons (Fsp3) is 0.625. The lowest BCUT2D eigenvalue weighted by atomic mass is 9.88. The molecule has 1 aliphatic rings. The topological polar surface area (TPSA) is 12.0 Å². The Kier molecular flexibility index (Phi) is 5.94. The van der Waals surface area contributed by atoms with Crippen LogP contribution in [-0.4, -0.2) is 17.5 Å². The summed E-state index contributed by atoms with van der Waals surface area (Å²) < 4.78 is 15.1. The van der Waals surface area contributed by atoms with E-state index in [2.05, 4.69) is 27.5 Å². The lowest BCUT2D eigenvalue weighted by Gasteiger charge is -2.37. The molecule has 2 rings (SSSR count). The van der Waals surface area contributed by atoms with Crippen LogP contribution in [0.4, 0.5) is 4.39 Å². The van der Waals surface area contributed by atoms with Gasteiger partial charge in [-0.1, -0.05) is 41.3 Å². The number of rotatable bonds is 5. The standard InChI is InChI=1S/C16H23BrFNS/c1-12(14-7-6-13(17)10-15(14)18)19-11-16(20-2)8-4-3-5-9-16/h6-7,10,12,19H,3-5,8-9,11H2,1-2H3. The van der Waals surface area contributed by atoms with Gasteiger partial charge in [0.25, 0.3) is 0 Å². The summed E-state index contributed by atoms with van der Waals surface area (Å²) in [6, 6.07) is 5.36. The molecule has 0 heterocycles. The van der Waals surface area contributed by atoms with Gasteiger partial charge in [-0.3, -0.25) is 0 Å². The Labute approximate surface area is 134 Å². The van der Waals surface area contributed by atoms with Gasteiger partial charge < -0.3 is 5.32 Å². The van der Waals surface area contributed by atoms with E-state index in [0.717, 1.165) is 16.6 Å². The minimum absolute atomic E-state index is 0.0500. The highest BCUT2D eigenvalue weighted by Crippen LogP contribution is 2.38. The molecule has 1 aromatic carbocycles. The van der Waals surface area contributed by atoms with Crippen LogP contribution in [0.1, 0.15) is 50.6 Å². The number of hydrogen-bond donors (Lipinski definition) is 1. The quantitative estimate of drug-likeness (QED) is 0.764. The molecule has 1 atom stereocenters. The zero-order chi connectivity index (χ0) is 14.6. The van der Waals surface area contributed by atoms with Crippen LogP contribution in [0.3, 0.4) is 0 Å². The van der Waals surface area contributed by atoms with E-state index in [-0.39, 0.29) is 11.9 Å². The summed E-state index contributed by atoms with van der Waals surface area (Å²) in [4.78, 5) is 0. The van der Waals surface area contributed by atoms with Gasteiger partial charge in [0, 0.05) is 27.4 Å². The lowest BCUT2D eigenvalue weighted by Crippen LogP contribution is -2.40. The average Bonchev–Trinajstić information content (AvgIpc) is 2.46. The first-order chi connectivity index (χ1) is 9.56. The van der Waals surface area contributed by atoms with Crippen molar-refractivity contribution in [2.24, 2.45) is 0 Å². The molecule has 0 saturated heterocycles. The Bertz CT molecular complexity index is 446. The SMILES string of the molecule is CSC1(CNC(C)c2ccc(Br)cc2F)CCCCC1. The Hall–Kier alpha value is -0.0600. The summed E-state index contributed by atoms with van der Waals surface area (Å²) in [5.41, 5.74) is 0.750. The summed E-state index contributed by atoms with van der Waals surface area (Å²) >= 11 is 5.28. The van der Waals surface area contributed by atoms with Gasteiger partial charge in [0.05, 0.1) is 0 Å². The Morgan fingerprint density at radius 3 is 2.65 bits per heavy atom. The Morgan fingerprint density at radius 1 is 1.35 bits per heavy atom. The van der Waals surface area contributed by atoms with E-state index in [0.29, 0.717) is 4.75 Å². The summed E-state index contributed by atoms with van der Waals surface area (Å²) in [6.07, 6.45) is 8.76. The fourth-order valence-electron chi connectivity index (χ4n) is 2.95. The normalized spacial score (nSPS) is 19.8. The first-order valence-corrected chi connectivity index (χ1v) is 9.32. The third-order valence-electron chi connectivity index (χ3n) is 4.36.